The summed E-state index contributed by atoms with van der Waals surface area (Å²) < 4.78 is 22.2. The minimum absolute atomic E-state index is 0.224. The summed E-state index contributed by atoms with van der Waals surface area (Å²) in [4.78, 5) is 25.3. The number of hydrogen-bond donors (Lipinski definition) is 4. The molecular weight excluding hydrogens is 725 g/mol. The van der Waals surface area contributed by atoms with Gasteiger partial charge in [0, 0.05) is 12.8 Å². The van der Waals surface area contributed by atoms with Crippen LogP contribution in [0, 0.1) is 0 Å². The van der Waals surface area contributed by atoms with E-state index >= 15 is 0 Å². The molecule has 10 heteroatoms. The molecule has 1 aliphatic rings. The highest BCUT2D eigenvalue weighted by Crippen LogP contribution is 2.23. The number of unbranched alkanes of at least 4 members (excludes halogenated alkanes) is 21. The molecule has 0 bridgehead atoms. The third-order valence-electron chi connectivity index (χ3n) is 10.5. The van der Waals surface area contributed by atoms with Crippen molar-refractivity contribution in [3.05, 3.63) is 36.5 Å². The molecule has 1 aliphatic heterocycles. The third kappa shape index (κ3) is 29.7. The van der Waals surface area contributed by atoms with Crippen molar-refractivity contribution in [3.63, 3.8) is 0 Å². The number of ether oxygens (including phenoxy) is 4. The molecule has 4 N–H and O–H groups in total. The number of carbonyl (C=O) groups is 2. The van der Waals surface area contributed by atoms with Crippen LogP contribution >= 0.6 is 0 Å². The van der Waals surface area contributed by atoms with Crippen LogP contribution < -0.4 is 0 Å². The maximum Gasteiger partial charge on any atom is 0.306 e. The maximum atomic E-state index is 12.8. The van der Waals surface area contributed by atoms with Gasteiger partial charge >= 0.3 is 11.9 Å². The summed E-state index contributed by atoms with van der Waals surface area (Å²) >= 11 is 0. The molecule has 10 nitrogen and oxygen atoms in total. The Balaban J connectivity index is 2.32. The normalized spacial score (nSPS) is 20.6. The van der Waals surface area contributed by atoms with Crippen molar-refractivity contribution in [2.75, 3.05) is 19.8 Å². The Kier molecular flexibility index (Phi) is 35.4. The van der Waals surface area contributed by atoms with Crippen molar-refractivity contribution in [2.45, 2.75) is 230 Å². The number of esters is 2. The molecule has 6 atom stereocenters. The Morgan fingerprint density at radius 1 is 0.561 bits per heavy atom. The molecule has 0 saturated carbocycles. The van der Waals surface area contributed by atoms with Crippen LogP contribution in [-0.4, -0.2) is 89.0 Å². The lowest BCUT2D eigenvalue weighted by atomic mass is 9.99. The van der Waals surface area contributed by atoms with Crippen molar-refractivity contribution < 1.29 is 49.0 Å². The molecule has 1 saturated heterocycles. The number of hydrogen-bond acceptors (Lipinski definition) is 10. The first-order valence-corrected chi connectivity index (χ1v) is 23.1. The zero-order chi connectivity index (χ0) is 41.6. The summed E-state index contributed by atoms with van der Waals surface area (Å²) in [5.74, 6) is -0.821. The summed E-state index contributed by atoms with van der Waals surface area (Å²) in [6, 6.07) is 0. The van der Waals surface area contributed by atoms with E-state index in [1.54, 1.807) is 0 Å². The fourth-order valence-electron chi connectivity index (χ4n) is 6.91. The van der Waals surface area contributed by atoms with E-state index in [-0.39, 0.29) is 26.1 Å². The zero-order valence-electron chi connectivity index (χ0n) is 36.1. The minimum atomic E-state index is -1.60. The lowest BCUT2D eigenvalue weighted by molar-refractivity contribution is -0.305. The van der Waals surface area contributed by atoms with E-state index in [1.165, 1.54) is 83.5 Å². The van der Waals surface area contributed by atoms with E-state index in [0.29, 0.717) is 12.8 Å². The van der Waals surface area contributed by atoms with Gasteiger partial charge in [-0.2, -0.15) is 0 Å². The van der Waals surface area contributed by atoms with E-state index in [0.717, 1.165) is 70.6 Å². The number of carbonyl (C=O) groups excluding carboxylic acids is 2. The van der Waals surface area contributed by atoms with Crippen LogP contribution in [0.3, 0.4) is 0 Å². The second kappa shape index (κ2) is 38.1. The molecule has 1 heterocycles. The summed E-state index contributed by atoms with van der Waals surface area (Å²) in [6.45, 7) is 3.31. The lowest BCUT2D eigenvalue weighted by Gasteiger charge is -2.39. The van der Waals surface area contributed by atoms with Gasteiger partial charge in [0.05, 0.1) is 13.2 Å². The molecule has 0 aromatic rings. The third-order valence-corrected chi connectivity index (χ3v) is 10.5. The quantitative estimate of drug-likeness (QED) is 0.0270. The largest absolute Gasteiger partial charge is 0.462 e. The minimum Gasteiger partial charge on any atom is -0.462 e. The smallest absolute Gasteiger partial charge is 0.306 e. The first-order valence-electron chi connectivity index (χ1n) is 23.1. The summed E-state index contributed by atoms with van der Waals surface area (Å²) in [5.41, 5.74) is 0. The van der Waals surface area contributed by atoms with Crippen LogP contribution in [0.1, 0.15) is 194 Å². The predicted octanol–water partition coefficient (Wildman–Crippen LogP) is 9.89. The van der Waals surface area contributed by atoms with Crippen molar-refractivity contribution in [1.29, 1.82) is 0 Å². The van der Waals surface area contributed by atoms with Crippen molar-refractivity contribution >= 4 is 11.9 Å². The number of aliphatic hydroxyl groups excluding tert-OH is 4. The fraction of sp³-hybridized carbons (Fsp3) is 0.830. The Hall–Kier alpha value is -2.08. The van der Waals surface area contributed by atoms with Gasteiger partial charge in [-0.1, -0.05) is 172 Å². The first-order chi connectivity index (χ1) is 27.8. The highest BCUT2D eigenvalue weighted by atomic mass is 16.7. The van der Waals surface area contributed by atoms with E-state index in [9.17, 15) is 30.0 Å². The van der Waals surface area contributed by atoms with Crippen LogP contribution in [0.2, 0.25) is 0 Å². The van der Waals surface area contributed by atoms with Gasteiger partial charge in [-0.05, 0) is 44.9 Å². The van der Waals surface area contributed by atoms with Crippen LogP contribution in [0.5, 0.6) is 0 Å². The van der Waals surface area contributed by atoms with Crippen molar-refractivity contribution in [2.24, 2.45) is 0 Å². The van der Waals surface area contributed by atoms with E-state index in [1.807, 2.05) is 0 Å². The van der Waals surface area contributed by atoms with Gasteiger partial charge in [0.2, 0.25) is 0 Å². The monoisotopic (exact) mass is 809 g/mol. The van der Waals surface area contributed by atoms with E-state index in [2.05, 4.69) is 50.3 Å². The molecule has 0 aromatic heterocycles. The van der Waals surface area contributed by atoms with Crippen LogP contribution in [0.25, 0.3) is 0 Å². The van der Waals surface area contributed by atoms with Gasteiger partial charge in [-0.25, -0.2) is 0 Å². The first kappa shape index (κ1) is 52.9. The highest BCUT2D eigenvalue weighted by Gasteiger charge is 2.44. The second-order valence-electron chi connectivity index (χ2n) is 15.8. The highest BCUT2D eigenvalue weighted by molar-refractivity contribution is 5.70. The van der Waals surface area contributed by atoms with Crippen LogP contribution in [-0.2, 0) is 28.5 Å². The topological polar surface area (TPSA) is 152 Å². The Morgan fingerprint density at radius 2 is 1.04 bits per heavy atom. The van der Waals surface area contributed by atoms with Crippen molar-refractivity contribution in [3.8, 4) is 0 Å². The van der Waals surface area contributed by atoms with Gasteiger partial charge < -0.3 is 39.4 Å². The maximum absolute atomic E-state index is 12.8. The summed E-state index contributed by atoms with van der Waals surface area (Å²) in [7, 11) is 0. The Labute approximate surface area is 346 Å². The van der Waals surface area contributed by atoms with Gasteiger partial charge in [-0.15, -0.1) is 0 Å². The fourth-order valence-corrected chi connectivity index (χ4v) is 6.91. The number of allylic oxidation sites excluding steroid dienone is 6. The van der Waals surface area contributed by atoms with E-state index in [4.69, 9.17) is 18.9 Å². The average molecular weight is 809 g/mol. The molecular formula is C47H84O10. The average Bonchev–Trinajstić information content (AvgIpc) is 3.21. The molecule has 0 radical (unpaired) electrons. The zero-order valence-corrected chi connectivity index (χ0v) is 36.1. The lowest BCUT2D eigenvalue weighted by Crippen LogP contribution is -2.59. The van der Waals surface area contributed by atoms with Gasteiger partial charge in [0.15, 0.2) is 12.4 Å². The standard InChI is InChI=1S/C47H84O10/c1-3-5-7-9-11-13-15-17-19-20-22-24-26-28-30-32-34-36-43(50)56-40(39-55-47-46(53)45(52)44(51)41(37-48)57-47)38-54-42(49)35-33-31-29-27-25-23-21-18-16-14-12-10-8-6-4-2/h6,8,12,14,18,21,40-41,44-48,51-53H,3-5,7,9-11,13,15-17,19-20,22-39H2,1-2H3/b8-6+,14-12+,21-18+/t40-,41-,44+,45?,46?,47-/m1/s1. The van der Waals surface area contributed by atoms with Gasteiger partial charge in [0.1, 0.15) is 31.0 Å². The molecule has 332 valence electrons. The molecule has 57 heavy (non-hydrogen) atoms. The van der Waals surface area contributed by atoms with E-state index < -0.39 is 55.4 Å². The number of rotatable bonds is 38. The molecule has 0 aromatic carbocycles. The van der Waals surface area contributed by atoms with Crippen molar-refractivity contribution in [1.82, 2.24) is 0 Å². The summed E-state index contributed by atoms with van der Waals surface area (Å²) in [6.07, 6.45) is 35.8. The molecule has 1 rings (SSSR count). The Morgan fingerprint density at radius 3 is 1.56 bits per heavy atom. The van der Waals surface area contributed by atoms with Gasteiger partial charge in [0.25, 0.3) is 0 Å². The summed E-state index contributed by atoms with van der Waals surface area (Å²) in [5, 5.41) is 40.1. The molecule has 0 spiro atoms. The SMILES string of the molecule is CC/C=C/C/C=C/C/C=C/CCCCCCCC(=O)OC[C@H](CO[C@@H]1O[C@H](CO)[C@H](O)C(O)C1O)OC(=O)CCCCCCCCCCCCCCCCCCC. The van der Waals surface area contributed by atoms with Gasteiger partial charge in [-0.3, -0.25) is 9.59 Å². The predicted molar refractivity (Wildman–Crippen MR) is 229 cm³/mol. The van der Waals surface area contributed by atoms with Crippen LogP contribution in [0.15, 0.2) is 36.5 Å². The molecule has 2 unspecified atom stereocenters. The number of aliphatic hydroxyl groups is 4. The molecule has 0 aliphatic carbocycles. The van der Waals surface area contributed by atoms with Crippen LogP contribution in [0.4, 0.5) is 0 Å². The second-order valence-corrected chi connectivity index (χ2v) is 15.8. The molecule has 1 fully saturated rings. The Bertz CT molecular complexity index is 1030. The molecule has 0 amide bonds.